The highest BCUT2D eigenvalue weighted by Crippen LogP contribution is 2.15. The minimum absolute atomic E-state index is 0.157. The third kappa shape index (κ3) is 4.09. The highest BCUT2D eigenvalue weighted by atomic mass is 16.2. The number of aryl methyl sites for hydroxylation is 2. The first kappa shape index (κ1) is 15.2. The molecule has 0 aliphatic rings. The van der Waals surface area contributed by atoms with Crippen LogP contribution in [0.15, 0.2) is 18.2 Å². The van der Waals surface area contributed by atoms with E-state index in [1.165, 1.54) is 0 Å². The van der Waals surface area contributed by atoms with Crippen molar-refractivity contribution in [2.45, 2.75) is 40.2 Å². The Hall–Kier alpha value is -1.84. The lowest BCUT2D eigenvalue weighted by molar-refractivity contribution is -0.129. The van der Waals surface area contributed by atoms with Crippen molar-refractivity contribution in [1.82, 2.24) is 5.32 Å². The van der Waals surface area contributed by atoms with Gasteiger partial charge in [0.25, 0.3) is 0 Å². The van der Waals surface area contributed by atoms with Crippen molar-refractivity contribution in [1.29, 1.82) is 0 Å². The third-order valence-electron chi connectivity index (χ3n) is 3.24. The van der Waals surface area contributed by atoms with Crippen LogP contribution in [0.25, 0.3) is 0 Å². The molecule has 0 saturated heterocycles. The zero-order chi connectivity index (χ0) is 14.6. The number of rotatable bonds is 5. The van der Waals surface area contributed by atoms with Crippen LogP contribution < -0.4 is 11.1 Å². The number of nitrogens with two attached hydrogens (primary N) is 1. The molecule has 4 nitrogen and oxygen atoms in total. The van der Waals surface area contributed by atoms with Gasteiger partial charge >= 0.3 is 0 Å². The summed E-state index contributed by atoms with van der Waals surface area (Å²) in [5.74, 6) is -0.827. The van der Waals surface area contributed by atoms with Gasteiger partial charge in [-0.05, 0) is 30.5 Å². The average molecular weight is 262 g/mol. The van der Waals surface area contributed by atoms with Crippen molar-refractivity contribution in [2.75, 3.05) is 0 Å². The number of carbonyl (C=O) groups is 2. The van der Waals surface area contributed by atoms with Crippen LogP contribution >= 0.6 is 0 Å². The molecule has 0 saturated carbocycles. The van der Waals surface area contributed by atoms with Gasteiger partial charge in [-0.2, -0.15) is 0 Å². The summed E-state index contributed by atoms with van der Waals surface area (Å²) in [4.78, 5) is 23.2. The lowest BCUT2D eigenvalue weighted by Crippen LogP contribution is -2.47. The zero-order valence-corrected chi connectivity index (χ0v) is 12.0. The maximum Gasteiger partial charge on any atom is 0.240 e. The van der Waals surface area contributed by atoms with Crippen molar-refractivity contribution < 1.29 is 9.59 Å². The van der Waals surface area contributed by atoms with E-state index in [2.05, 4.69) is 5.32 Å². The van der Waals surface area contributed by atoms with Crippen molar-refractivity contribution >= 4 is 11.8 Å². The van der Waals surface area contributed by atoms with Crippen molar-refractivity contribution in [2.24, 2.45) is 11.7 Å². The second-order valence-corrected chi connectivity index (χ2v) is 5.19. The Labute approximate surface area is 114 Å². The Kier molecular flexibility index (Phi) is 5.10. The normalized spacial score (nSPS) is 12.3. The van der Waals surface area contributed by atoms with E-state index in [1.54, 1.807) is 13.8 Å². The first-order valence-electron chi connectivity index (χ1n) is 6.47. The number of amides is 2. The maximum absolute atomic E-state index is 11.7. The highest BCUT2D eigenvalue weighted by molar-refractivity contribution is 5.87. The molecule has 4 heteroatoms. The monoisotopic (exact) mass is 262 g/mol. The molecule has 0 unspecified atom stereocenters. The molecule has 0 bridgehead atoms. The van der Waals surface area contributed by atoms with Crippen LogP contribution in [0.5, 0.6) is 0 Å². The largest absolute Gasteiger partial charge is 0.368 e. The SMILES string of the molecule is Cc1cccc(C)c1C[C@H](NC(=O)C(C)C)C(N)=O. The average Bonchev–Trinajstić information content (AvgIpc) is 2.31. The number of carbonyl (C=O) groups excluding carboxylic acids is 2. The molecular formula is C15H22N2O2. The Bertz CT molecular complexity index is 461. The Morgan fingerprint density at radius 1 is 1.21 bits per heavy atom. The number of nitrogens with one attached hydrogen (secondary N) is 1. The highest BCUT2D eigenvalue weighted by Gasteiger charge is 2.21. The predicted octanol–water partition coefficient (Wildman–Crippen LogP) is 1.47. The zero-order valence-electron chi connectivity index (χ0n) is 12.0. The lowest BCUT2D eigenvalue weighted by atomic mass is 9.96. The summed E-state index contributed by atoms with van der Waals surface area (Å²) in [6.07, 6.45) is 0.437. The van der Waals surface area contributed by atoms with Gasteiger partial charge in [-0.25, -0.2) is 0 Å². The smallest absolute Gasteiger partial charge is 0.240 e. The summed E-state index contributed by atoms with van der Waals surface area (Å²) in [7, 11) is 0. The summed E-state index contributed by atoms with van der Waals surface area (Å²) in [5, 5.41) is 2.71. The topological polar surface area (TPSA) is 72.2 Å². The van der Waals surface area contributed by atoms with Crippen LogP contribution in [0.3, 0.4) is 0 Å². The molecule has 0 heterocycles. The van der Waals surface area contributed by atoms with Gasteiger partial charge in [-0.1, -0.05) is 32.0 Å². The van der Waals surface area contributed by atoms with Gasteiger partial charge in [0.1, 0.15) is 6.04 Å². The van der Waals surface area contributed by atoms with Crippen LogP contribution in [0.2, 0.25) is 0 Å². The summed E-state index contributed by atoms with van der Waals surface area (Å²) in [5.41, 5.74) is 8.65. The van der Waals surface area contributed by atoms with Crippen molar-refractivity contribution in [3.05, 3.63) is 34.9 Å². The minimum atomic E-state index is -0.658. The lowest BCUT2D eigenvalue weighted by Gasteiger charge is -2.19. The van der Waals surface area contributed by atoms with E-state index in [1.807, 2.05) is 32.0 Å². The van der Waals surface area contributed by atoms with Gasteiger partial charge in [0.15, 0.2) is 0 Å². The van der Waals surface area contributed by atoms with Gasteiger partial charge in [-0.15, -0.1) is 0 Å². The first-order chi connectivity index (χ1) is 8.82. The molecule has 0 aromatic heterocycles. The Morgan fingerprint density at radius 3 is 2.16 bits per heavy atom. The fourth-order valence-electron chi connectivity index (χ4n) is 1.94. The molecule has 0 spiro atoms. The van der Waals surface area contributed by atoms with Crippen LogP contribution in [0, 0.1) is 19.8 Å². The van der Waals surface area contributed by atoms with E-state index in [0.29, 0.717) is 6.42 Å². The predicted molar refractivity (Wildman–Crippen MR) is 75.6 cm³/mol. The van der Waals surface area contributed by atoms with Crippen LogP contribution in [-0.4, -0.2) is 17.9 Å². The van der Waals surface area contributed by atoms with E-state index in [-0.39, 0.29) is 11.8 Å². The molecule has 0 fully saturated rings. The molecule has 0 aliphatic heterocycles. The number of hydrogen-bond acceptors (Lipinski definition) is 2. The second-order valence-electron chi connectivity index (χ2n) is 5.19. The first-order valence-corrected chi connectivity index (χ1v) is 6.47. The van der Waals surface area contributed by atoms with Crippen LogP contribution in [0.4, 0.5) is 0 Å². The molecule has 2 amide bonds. The fourth-order valence-corrected chi connectivity index (χ4v) is 1.94. The third-order valence-corrected chi connectivity index (χ3v) is 3.24. The molecule has 1 aromatic rings. The van der Waals surface area contributed by atoms with E-state index < -0.39 is 11.9 Å². The van der Waals surface area contributed by atoms with Crippen molar-refractivity contribution in [3.63, 3.8) is 0 Å². The Morgan fingerprint density at radius 2 is 1.74 bits per heavy atom. The molecule has 1 rings (SSSR count). The number of primary amides is 1. The molecule has 0 aliphatic carbocycles. The van der Waals surface area contributed by atoms with Gasteiger partial charge in [0, 0.05) is 12.3 Å². The van der Waals surface area contributed by atoms with E-state index in [0.717, 1.165) is 16.7 Å². The van der Waals surface area contributed by atoms with E-state index in [9.17, 15) is 9.59 Å². The summed E-state index contributed by atoms with van der Waals surface area (Å²) in [6.45, 7) is 7.55. The van der Waals surface area contributed by atoms with Gasteiger partial charge in [0.2, 0.25) is 11.8 Å². The van der Waals surface area contributed by atoms with Gasteiger partial charge in [-0.3, -0.25) is 9.59 Å². The Balaban J connectivity index is 2.91. The molecule has 0 radical (unpaired) electrons. The number of benzene rings is 1. The van der Waals surface area contributed by atoms with Gasteiger partial charge < -0.3 is 11.1 Å². The van der Waals surface area contributed by atoms with Crippen molar-refractivity contribution in [3.8, 4) is 0 Å². The minimum Gasteiger partial charge on any atom is -0.368 e. The summed E-state index contributed by atoms with van der Waals surface area (Å²) >= 11 is 0. The molecule has 19 heavy (non-hydrogen) atoms. The summed E-state index contributed by atoms with van der Waals surface area (Å²) in [6, 6.07) is 5.30. The molecule has 3 N–H and O–H groups in total. The molecule has 1 atom stereocenters. The molecular weight excluding hydrogens is 240 g/mol. The van der Waals surface area contributed by atoms with Crippen LogP contribution in [-0.2, 0) is 16.0 Å². The summed E-state index contributed by atoms with van der Waals surface area (Å²) < 4.78 is 0. The fraction of sp³-hybridized carbons (Fsp3) is 0.467. The molecule has 1 aromatic carbocycles. The quantitative estimate of drug-likeness (QED) is 0.843. The van der Waals surface area contributed by atoms with E-state index >= 15 is 0 Å². The number of hydrogen-bond donors (Lipinski definition) is 2. The van der Waals surface area contributed by atoms with E-state index in [4.69, 9.17) is 5.73 Å². The van der Waals surface area contributed by atoms with Crippen LogP contribution in [0.1, 0.15) is 30.5 Å². The standard InChI is InChI=1S/C15H22N2O2/c1-9(2)15(19)17-13(14(16)18)8-12-10(3)6-5-7-11(12)4/h5-7,9,13H,8H2,1-4H3,(H2,16,18)(H,17,19)/t13-/m0/s1. The maximum atomic E-state index is 11.7. The van der Waals surface area contributed by atoms with Gasteiger partial charge in [0.05, 0.1) is 0 Å². The molecule has 104 valence electrons. The second kappa shape index (κ2) is 6.36.